The summed E-state index contributed by atoms with van der Waals surface area (Å²) in [6, 6.07) is 10.9. The van der Waals surface area contributed by atoms with Crippen LogP contribution in [-0.2, 0) is 14.3 Å². The van der Waals surface area contributed by atoms with Gasteiger partial charge >= 0.3 is 5.97 Å². The molecule has 1 fully saturated rings. The van der Waals surface area contributed by atoms with Crippen molar-refractivity contribution in [3.8, 4) is 17.2 Å². The number of esters is 1. The second kappa shape index (κ2) is 11.9. The molecule has 2 aromatic rings. The fraction of sp³-hybridized carbons (Fsp3) is 0.292. The zero-order valence-electron chi connectivity index (χ0n) is 19.0. The first-order chi connectivity index (χ1) is 16.3. The van der Waals surface area contributed by atoms with Crippen LogP contribution in [0, 0.1) is 6.92 Å². The SMILES string of the molecule is CCOc1cc(/C=C2\SC(=O)N(CCOc3ccc(C)cc3)C2=O)cc(Br)c1OCC(=O)OC. The van der Waals surface area contributed by atoms with Crippen LogP contribution in [0.15, 0.2) is 45.8 Å². The molecule has 1 aliphatic heterocycles. The van der Waals surface area contributed by atoms with Gasteiger partial charge in [0.05, 0.1) is 29.6 Å². The van der Waals surface area contributed by atoms with E-state index in [0.717, 1.165) is 22.2 Å². The topological polar surface area (TPSA) is 91.4 Å². The molecule has 0 N–H and O–H groups in total. The zero-order valence-corrected chi connectivity index (χ0v) is 21.4. The second-order valence-corrected chi connectivity index (χ2v) is 8.97. The lowest BCUT2D eigenvalue weighted by Crippen LogP contribution is -2.32. The summed E-state index contributed by atoms with van der Waals surface area (Å²) in [6.07, 6.45) is 1.61. The van der Waals surface area contributed by atoms with E-state index in [1.54, 1.807) is 18.2 Å². The summed E-state index contributed by atoms with van der Waals surface area (Å²) in [5.74, 6) is 0.487. The van der Waals surface area contributed by atoms with Gasteiger partial charge in [0.2, 0.25) is 0 Å². The van der Waals surface area contributed by atoms with E-state index in [9.17, 15) is 14.4 Å². The highest BCUT2D eigenvalue weighted by Crippen LogP contribution is 2.39. The van der Waals surface area contributed by atoms with E-state index in [1.807, 2.05) is 38.1 Å². The van der Waals surface area contributed by atoms with Crippen LogP contribution >= 0.6 is 27.7 Å². The second-order valence-electron chi connectivity index (χ2n) is 7.12. The van der Waals surface area contributed by atoms with Crippen molar-refractivity contribution in [3.05, 3.63) is 56.9 Å². The Balaban J connectivity index is 1.71. The highest BCUT2D eigenvalue weighted by Gasteiger charge is 2.35. The van der Waals surface area contributed by atoms with Gasteiger partial charge in [0.25, 0.3) is 11.1 Å². The molecule has 3 rings (SSSR count). The molecule has 10 heteroatoms. The molecule has 1 heterocycles. The number of benzene rings is 2. The number of thioether (sulfide) groups is 1. The van der Waals surface area contributed by atoms with E-state index in [4.69, 9.17) is 14.2 Å². The minimum absolute atomic E-state index is 0.143. The number of carbonyl (C=O) groups is 3. The van der Waals surface area contributed by atoms with Gasteiger partial charge in [0.15, 0.2) is 18.1 Å². The quantitative estimate of drug-likeness (QED) is 0.307. The minimum Gasteiger partial charge on any atom is -0.492 e. The first kappa shape index (κ1) is 25.6. The molecule has 1 aliphatic rings. The van der Waals surface area contributed by atoms with E-state index in [0.29, 0.717) is 33.9 Å². The Kier molecular flexibility index (Phi) is 9.00. The Labute approximate surface area is 210 Å². The predicted molar refractivity (Wildman–Crippen MR) is 132 cm³/mol. The number of aryl methyl sites for hydroxylation is 1. The summed E-state index contributed by atoms with van der Waals surface area (Å²) in [6.45, 7) is 4.22. The Hall–Kier alpha value is -2.98. The highest BCUT2D eigenvalue weighted by molar-refractivity contribution is 9.10. The summed E-state index contributed by atoms with van der Waals surface area (Å²) < 4.78 is 21.9. The maximum absolute atomic E-state index is 12.8. The molecule has 0 aromatic heterocycles. The van der Waals surface area contributed by atoms with Crippen LogP contribution in [-0.4, -0.2) is 55.5 Å². The third-order valence-corrected chi connectivity index (χ3v) is 6.17. The van der Waals surface area contributed by atoms with Crippen molar-refractivity contribution in [3.63, 3.8) is 0 Å². The number of methoxy groups -OCH3 is 1. The van der Waals surface area contributed by atoms with E-state index in [-0.39, 0.29) is 35.8 Å². The number of ether oxygens (including phenoxy) is 4. The predicted octanol–water partition coefficient (Wildman–Crippen LogP) is 4.82. The number of rotatable bonds is 10. The molecule has 0 aliphatic carbocycles. The molecule has 0 bridgehead atoms. The molecule has 2 aromatic carbocycles. The summed E-state index contributed by atoms with van der Waals surface area (Å²) >= 11 is 4.28. The number of hydrogen-bond acceptors (Lipinski definition) is 8. The molecule has 180 valence electrons. The maximum Gasteiger partial charge on any atom is 0.343 e. The molecule has 0 radical (unpaired) electrons. The minimum atomic E-state index is -0.529. The van der Waals surface area contributed by atoms with Crippen LogP contribution in [0.25, 0.3) is 6.08 Å². The third-order valence-electron chi connectivity index (χ3n) is 4.67. The van der Waals surface area contributed by atoms with Crippen molar-refractivity contribution in [1.29, 1.82) is 0 Å². The molecule has 0 unspecified atom stereocenters. The van der Waals surface area contributed by atoms with Crippen molar-refractivity contribution in [1.82, 2.24) is 4.90 Å². The van der Waals surface area contributed by atoms with Gasteiger partial charge in [-0.15, -0.1) is 0 Å². The normalized spacial score (nSPS) is 14.5. The van der Waals surface area contributed by atoms with Crippen molar-refractivity contribution in [2.45, 2.75) is 13.8 Å². The fourth-order valence-corrected chi connectivity index (χ4v) is 4.44. The average molecular weight is 550 g/mol. The van der Waals surface area contributed by atoms with Crippen molar-refractivity contribution in [2.75, 3.05) is 33.5 Å². The number of halogens is 1. The van der Waals surface area contributed by atoms with E-state index < -0.39 is 5.97 Å². The number of nitrogens with zero attached hydrogens (tertiary/aromatic N) is 1. The molecule has 2 amide bonds. The molecule has 1 saturated heterocycles. The molecule has 0 saturated carbocycles. The van der Waals surface area contributed by atoms with E-state index in [1.165, 1.54) is 7.11 Å². The summed E-state index contributed by atoms with van der Waals surface area (Å²) in [4.78, 5) is 38.1. The van der Waals surface area contributed by atoms with Crippen molar-refractivity contribution < 1.29 is 33.3 Å². The first-order valence-electron chi connectivity index (χ1n) is 10.4. The van der Waals surface area contributed by atoms with Gasteiger partial charge in [-0.2, -0.15) is 0 Å². The Morgan fingerprint density at radius 3 is 2.53 bits per heavy atom. The van der Waals surface area contributed by atoms with Gasteiger partial charge < -0.3 is 18.9 Å². The van der Waals surface area contributed by atoms with Crippen LogP contribution in [0.3, 0.4) is 0 Å². The van der Waals surface area contributed by atoms with Crippen LogP contribution in [0.1, 0.15) is 18.1 Å². The maximum atomic E-state index is 12.8. The highest BCUT2D eigenvalue weighted by atomic mass is 79.9. The van der Waals surface area contributed by atoms with Gasteiger partial charge in [0.1, 0.15) is 12.4 Å². The Bertz CT molecular complexity index is 1100. The molecular formula is C24H24BrNO7S. The largest absolute Gasteiger partial charge is 0.492 e. The lowest BCUT2D eigenvalue weighted by Gasteiger charge is -2.14. The van der Waals surface area contributed by atoms with Crippen LogP contribution in [0.4, 0.5) is 4.79 Å². The number of imide groups is 1. The fourth-order valence-electron chi connectivity index (χ4n) is 3.00. The molecule has 0 spiro atoms. The Morgan fingerprint density at radius 2 is 1.85 bits per heavy atom. The van der Waals surface area contributed by atoms with Gasteiger partial charge in [-0.25, -0.2) is 4.79 Å². The van der Waals surface area contributed by atoms with Gasteiger partial charge in [-0.1, -0.05) is 17.7 Å². The smallest absolute Gasteiger partial charge is 0.343 e. The molecular weight excluding hydrogens is 526 g/mol. The number of hydrogen-bond donors (Lipinski definition) is 0. The first-order valence-corrected chi connectivity index (χ1v) is 12.0. The number of carbonyl (C=O) groups excluding carboxylic acids is 3. The molecule has 8 nitrogen and oxygen atoms in total. The van der Waals surface area contributed by atoms with Gasteiger partial charge in [0, 0.05) is 0 Å². The average Bonchev–Trinajstić information content (AvgIpc) is 3.07. The summed E-state index contributed by atoms with van der Waals surface area (Å²) in [5, 5.41) is -0.356. The third kappa shape index (κ3) is 6.54. The van der Waals surface area contributed by atoms with Crippen molar-refractivity contribution >= 4 is 50.9 Å². The van der Waals surface area contributed by atoms with Crippen LogP contribution < -0.4 is 14.2 Å². The number of amides is 2. The van der Waals surface area contributed by atoms with Crippen LogP contribution in [0.2, 0.25) is 0 Å². The Morgan fingerprint density at radius 1 is 1.12 bits per heavy atom. The lowest BCUT2D eigenvalue weighted by molar-refractivity contribution is -0.143. The van der Waals surface area contributed by atoms with E-state index in [2.05, 4.69) is 20.7 Å². The van der Waals surface area contributed by atoms with Gasteiger partial charge in [-0.05, 0) is 77.4 Å². The van der Waals surface area contributed by atoms with Crippen molar-refractivity contribution in [2.24, 2.45) is 0 Å². The zero-order chi connectivity index (χ0) is 24.7. The molecule has 0 atom stereocenters. The summed E-state index contributed by atoms with van der Waals surface area (Å²) in [5.41, 5.74) is 1.74. The molecule has 34 heavy (non-hydrogen) atoms. The summed E-state index contributed by atoms with van der Waals surface area (Å²) in [7, 11) is 1.27. The standard InChI is InChI=1S/C24H24BrNO7S/c1-4-31-19-12-16(11-18(25)22(19)33-14-21(27)30-3)13-20-23(28)26(24(29)34-20)9-10-32-17-7-5-15(2)6-8-17/h5-8,11-13H,4,9-10,14H2,1-3H3/b20-13-. The van der Waals surface area contributed by atoms with E-state index >= 15 is 0 Å². The monoisotopic (exact) mass is 549 g/mol. The van der Waals surface area contributed by atoms with Crippen LogP contribution in [0.5, 0.6) is 17.2 Å². The van der Waals surface area contributed by atoms with Gasteiger partial charge in [-0.3, -0.25) is 14.5 Å². The lowest BCUT2D eigenvalue weighted by atomic mass is 10.2.